The molecule has 0 aliphatic carbocycles. The molecule has 0 aliphatic rings. The number of hydrogen-bond donors (Lipinski definition) is 0. The summed E-state index contributed by atoms with van der Waals surface area (Å²) in [5.41, 5.74) is 0. The van der Waals surface area contributed by atoms with E-state index in [1.54, 1.807) is 0 Å². The van der Waals surface area contributed by atoms with Crippen LogP contribution in [0.1, 0.15) is 0 Å². The summed E-state index contributed by atoms with van der Waals surface area (Å²) >= 11 is 0. The van der Waals surface area contributed by atoms with Crippen LogP contribution in [-0.4, -0.2) is 36.5 Å². The molecule has 22 heavy (non-hydrogen) atoms. The first-order valence-corrected chi connectivity index (χ1v) is 6.39. The number of rotatable bonds is 3. The van der Waals surface area contributed by atoms with Gasteiger partial charge in [0, 0.05) is 12.1 Å². The van der Waals surface area contributed by atoms with Gasteiger partial charge in [0.25, 0.3) is 6.17 Å². The molecule has 13 heteroatoms. The third-order valence-corrected chi connectivity index (χ3v) is 2.81. The molecule has 0 aliphatic heterocycles. The van der Waals surface area contributed by atoms with Crippen molar-refractivity contribution in [3.8, 4) is 0 Å². The summed E-state index contributed by atoms with van der Waals surface area (Å²) in [6.07, 6.45) is -8.16. The topological polar surface area (TPSA) is 71.3 Å². The number of halogens is 8. The van der Waals surface area contributed by atoms with Crippen LogP contribution >= 0.6 is 0 Å². The lowest BCUT2D eigenvalue weighted by Crippen LogP contribution is -2.56. The molecule has 0 spiro atoms. The highest BCUT2D eigenvalue weighted by atomic mass is 32.2. The fraction of sp³-hybridized carbons (Fsp3) is 0.444. The van der Waals surface area contributed by atoms with E-state index in [0.29, 0.717) is 0 Å². The Morgan fingerprint density at radius 2 is 1.32 bits per heavy atom. The molecule has 0 fully saturated rings. The van der Waals surface area contributed by atoms with Crippen molar-refractivity contribution in [1.82, 2.24) is 0 Å². The van der Waals surface area contributed by atoms with Crippen molar-refractivity contribution in [2.45, 2.75) is 23.5 Å². The maximum atomic E-state index is 12.2. The average Bonchev–Trinajstić information content (AvgIpc) is 2.38. The number of hydrogen-bond acceptors (Lipinski definition) is 3. The molecule has 0 saturated carbocycles. The Kier molecular flexibility index (Phi) is 6.27. The van der Waals surface area contributed by atoms with E-state index < -0.39 is 33.6 Å². The van der Waals surface area contributed by atoms with Gasteiger partial charge in [-0.3, -0.25) is 0 Å². The van der Waals surface area contributed by atoms with E-state index in [2.05, 4.69) is 4.98 Å². The maximum Gasteiger partial charge on any atom is 0.425 e. The lowest BCUT2D eigenvalue weighted by atomic mass is 10.2. The van der Waals surface area contributed by atoms with Crippen molar-refractivity contribution in [1.29, 1.82) is 0 Å². The molecule has 0 bridgehead atoms. The normalized spacial score (nSPS) is 14.8. The molecule has 0 amide bonds. The van der Waals surface area contributed by atoms with E-state index in [0.717, 1.165) is 0 Å². The van der Waals surface area contributed by atoms with Gasteiger partial charge in [-0.1, -0.05) is 6.07 Å². The fourth-order valence-corrected chi connectivity index (χ4v) is 1.30. The summed E-state index contributed by atoms with van der Waals surface area (Å²) < 4.78 is 123. The van der Waals surface area contributed by atoms with E-state index >= 15 is 0 Å². The van der Waals surface area contributed by atoms with Crippen LogP contribution in [0.25, 0.3) is 0 Å². The molecule has 128 valence electrons. The van der Waals surface area contributed by atoms with E-state index in [4.69, 9.17) is 0 Å². The minimum absolute atomic E-state index is 1.88. The fourth-order valence-electron chi connectivity index (χ4n) is 0.862. The number of pyridine rings is 1. The van der Waals surface area contributed by atoms with Crippen molar-refractivity contribution < 1.29 is 53.1 Å². The summed E-state index contributed by atoms with van der Waals surface area (Å²) in [5.74, 6) is -6.70. The Balaban J connectivity index is 0.000000604. The molecule has 1 rings (SSSR count). The average molecular weight is 361 g/mol. The molecular weight excluding hydrogens is 354 g/mol. The van der Waals surface area contributed by atoms with Crippen LogP contribution in [0, 0.1) is 0 Å². The highest BCUT2D eigenvalue weighted by molar-refractivity contribution is 7.86. The van der Waals surface area contributed by atoms with Gasteiger partial charge in [0.15, 0.2) is 22.5 Å². The number of aromatic nitrogens is 1. The Morgan fingerprint density at radius 3 is 1.50 bits per heavy atom. The van der Waals surface area contributed by atoms with E-state index in [1.165, 1.54) is 0 Å². The van der Waals surface area contributed by atoms with Gasteiger partial charge in [-0.05, 0) is 0 Å². The molecule has 0 aromatic carbocycles. The Morgan fingerprint density at radius 1 is 0.909 bits per heavy atom. The quantitative estimate of drug-likeness (QED) is 0.612. The van der Waals surface area contributed by atoms with E-state index in [9.17, 15) is 48.1 Å². The third kappa shape index (κ3) is 4.76. The third-order valence-electron chi connectivity index (χ3n) is 1.91. The number of alkyl halides is 8. The minimum atomic E-state index is -7.14. The van der Waals surface area contributed by atoms with Gasteiger partial charge in [0.2, 0.25) is 0 Å². The summed E-state index contributed by atoms with van der Waals surface area (Å²) in [7, 11) is -7.14. The van der Waals surface area contributed by atoms with Gasteiger partial charge >= 0.3 is 17.4 Å². The van der Waals surface area contributed by atoms with E-state index in [-0.39, 0.29) is 0 Å². The zero-order valence-corrected chi connectivity index (χ0v) is 10.9. The number of nitrogens with one attached hydrogen (secondary N) is 1. The van der Waals surface area contributed by atoms with Crippen LogP contribution < -0.4 is 4.98 Å². The number of aromatic amines is 1. The standard InChI is InChI=1S/C5H5N.C4H2F8O3S/c1-2-4-6-5-3-1;5-1(3(8,9)10)2(6,7)4(11,12)16(13,14)15/h1-5H;1H,(H,13,14,15). The highest BCUT2D eigenvalue weighted by Gasteiger charge is 2.72. The van der Waals surface area contributed by atoms with Gasteiger partial charge in [-0.2, -0.15) is 30.7 Å². The second kappa shape index (κ2) is 6.73. The minimum Gasteiger partial charge on any atom is -0.743 e. The van der Waals surface area contributed by atoms with Gasteiger partial charge in [0.1, 0.15) is 0 Å². The summed E-state index contributed by atoms with van der Waals surface area (Å²) in [4.78, 5) is 2.89. The van der Waals surface area contributed by atoms with Crippen molar-refractivity contribution in [2.24, 2.45) is 0 Å². The summed E-state index contributed by atoms with van der Waals surface area (Å²) in [5, 5.41) is -6.70. The Bertz CT molecular complexity index is 533. The lowest BCUT2D eigenvalue weighted by molar-refractivity contribution is -0.377. The molecule has 0 radical (unpaired) electrons. The maximum absolute atomic E-state index is 12.2. The van der Waals surface area contributed by atoms with Crippen LogP contribution in [0.3, 0.4) is 0 Å². The van der Waals surface area contributed by atoms with Crippen LogP contribution in [0.2, 0.25) is 0 Å². The first kappa shape index (κ1) is 20.5. The molecule has 1 heterocycles. The molecular formula is C9H7F8NO3S. The first-order valence-electron chi connectivity index (χ1n) is 4.98. The summed E-state index contributed by atoms with van der Waals surface area (Å²) in [6, 6.07) is 5.86. The Hall–Kier alpha value is -1.50. The predicted molar refractivity (Wildman–Crippen MR) is 53.5 cm³/mol. The second-order valence-electron chi connectivity index (χ2n) is 3.58. The highest BCUT2D eigenvalue weighted by Crippen LogP contribution is 2.46. The lowest BCUT2D eigenvalue weighted by Gasteiger charge is -2.31. The van der Waals surface area contributed by atoms with Crippen molar-refractivity contribution >= 4 is 10.1 Å². The van der Waals surface area contributed by atoms with Gasteiger partial charge in [-0.15, -0.1) is 0 Å². The van der Waals surface area contributed by atoms with Crippen LogP contribution in [-0.2, 0) is 10.1 Å². The molecule has 1 unspecified atom stereocenters. The summed E-state index contributed by atoms with van der Waals surface area (Å²) in [6.45, 7) is 0. The second-order valence-corrected chi connectivity index (χ2v) is 5.00. The van der Waals surface area contributed by atoms with Crippen LogP contribution in [0.15, 0.2) is 30.6 Å². The first-order chi connectivity index (χ1) is 9.65. The molecule has 1 atom stereocenters. The van der Waals surface area contributed by atoms with Crippen molar-refractivity contribution in [3.05, 3.63) is 30.6 Å². The monoisotopic (exact) mass is 361 g/mol. The molecule has 1 aromatic rings. The SMILES string of the molecule is O=S(=O)([O-])C(F)(F)C(F)(F)C(F)C(F)(F)F.c1cc[nH+]cc1. The smallest absolute Gasteiger partial charge is 0.425 e. The largest absolute Gasteiger partial charge is 0.743 e. The van der Waals surface area contributed by atoms with Gasteiger partial charge in [-0.25, -0.2) is 17.8 Å². The van der Waals surface area contributed by atoms with Crippen LogP contribution in [0.5, 0.6) is 0 Å². The zero-order valence-electron chi connectivity index (χ0n) is 10.1. The van der Waals surface area contributed by atoms with Crippen molar-refractivity contribution in [3.63, 3.8) is 0 Å². The number of H-pyrrole nitrogens is 1. The predicted octanol–water partition coefficient (Wildman–Crippen LogP) is 2.16. The van der Waals surface area contributed by atoms with E-state index in [1.807, 2.05) is 30.6 Å². The van der Waals surface area contributed by atoms with Crippen LogP contribution in [0.4, 0.5) is 35.1 Å². The molecule has 4 nitrogen and oxygen atoms in total. The van der Waals surface area contributed by atoms with Gasteiger partial charge < -0.3 is 4.55 Å². The molecule has 1 aromatic heterocycles. The van der Waals surface area contributed by atoms with Crippen molar-refractivity contribution in [2.75, 3.05) is 0 Å². The Labute approximate surface area is 118 Å². The molecule has 1 N–H and O–H groups in total. The van der Waals surface area contributed by atoms with Gasteiger partial charge in [0.05, 0.1) is 0 Å². The molecule has 0 saturated heterocycles. The zero-order chi connectivity index (χ0) is 17.8.